The summed E-state index contributed by atoms with van der Waals surface area (Å²) in [6.07, 6.45) is 2.21. The van der Waals surface area contributed by atoms with E-state index in [1.165, 1.54) is 17.4 Å². The highest BCUT2D eigenvalue weighted by molar-refractivity contribution is 7.90. The molecule has 3 aromatic rings. The molecule has 0 aliphatic carbocycles. The first-order valence-corrected chi connectivity index (χ1v) is 12.1. The van der Waals surface area contributed by atoms with E-state index in [-0.39, 0.29) is 16.6 Å². The zero-order valence-electron chi connectivity index (χ0n) is 16.7. The predicted octanol–water partition coefficient (Wildman–Crippen LogP) is 3.84. The van der Waals surface area contributed by atoms with Gasteiger partial charge in [-0.15, -0.1) is 0 Å². The van der Waals surface area contributed by atoms with Gasteiger partial charge in [-0.2, -0.15) is 0 Å². The first-order valence-electron chi connectivity index (χ1n) is 9.76. The minimum absolute atomic E-state index is 0.181. The molecule has 1 atom stereocenters. The Hall–Kier alpha value is -2.78. The number of anilines is 1. The maximum absolute atomic E-state index is 13.0. The Morgan fingerprint density at radius 3 is 2.80 bits per heavy atom. The highest BCUT2D eigenvalue weighted by atomic mass is 32.2. The fourth-order valence-corrected chi connectivity index (χ4v) is 5.55. The normalized spacial score (nSPS) is 16.9. The summed E-state index contributed by atoms with van der Waals surface area (Å²) >= 11 is 1.41. The average molecular weight is 443 g/mol. The van der Waals surface area contributed by atoms with Gasteiger partial charge in [-0.3, -0.25) is 14.5 Å². The monoisotopic (exact) mass is 442 g/mol. The number of hydrogen-bond acceptors (Lipinski definition) is 6. The van der Waals surface area contributed by atoms with E-state index in [1.807, 2.05) is 32.0 Å². The van der Waals surface area contributed by atoms with Crippen molar-refractivity contribution in [1.29, 1.82) is 0 Å². The third-order valence-electron chi connectivity index (χ3n) is 4.93. The van der Waals surface area contributed by atoms with Crippen molar-refractivity contribution in [2.75, 3.05) is 5.32 Å². The number of thiazole rings is 1. The lowest BCUT2D eigenvalue weighted by Crippen LogP contribution is -2.30. The number of aliphatic imine (C=N–C) groups is 1. The molecule has 0 fully saturated rings. The Labute approximate surface area is 179 Å². The molecule has 0 spiro atoms. The summed E-state index contributed by atoms with van der Waals surface area (Å²) in [5.41, 5.74) is 2.40. The van der Waals surface area contributed by atoms with Gasteiger partial charge in [-0.25, -0.2) is 13.4 Å². The van der Waals surface area contributed by atoms with E-state index < -0.39 is 16.1 Å². The number of nitrogens with one attached hydrogen (secondary N) is 2. The van der Waals surface area contributed by atoms with Gasteiger partial charge in [0, 0.05) is 5.56 Å². The van der Waals surface area contributed by atoms with Gasteiger partial charge in [0.1, 0.15) is 11.9 Å². The van der Waals surface area contributed by atoms with E-state index in [1.54, 1.807) is 18.2 Å². The molecule has 30 heavy (non-hydrogen) atoms. The Morgan fingerprint density at radius 1 is 1.23 bits per heavy atom. The summed E-state index contributed by atoms with van der Waals surface area (Å²) in [6, 6.07) is 11.8. The Bertz CT molecular complexity index is 1250. The zero-order valence-corrected chi connectivity index (χ0v) is 18.3. The number of unbranched alkanes of at least 4 members (excludes halogenated alkanes) is 1. The molecule has 0 saturated heterocycles. The molecule has 1 aliphatic heterocycles. The minimum atomic E-state index is -3.65. The van der Waals surface area contributed by atoms with Gasteiger partial charge in [-0.05, 0) is 37.1 Å². The highest BCUT2D eigenvalue weighted by Crippen LogP contribution is 2.28. The molecular formula is C21H22N4O3S2. The van der Waals surface area contributed by atoms with Crippen molar-refractivity contribution in [2.24, 2.45) is 4.99 Å². The summed E-state index contributed by atoms with van der Waals surface area (Å²) in [5, 5.41) is 3.38. The molecule has 9 heteroatoms. The minimum Gasteiger partial charge on any atom is -0.300 e. The summed E-state index contributed by atoms with van der Waals surface area (Å²) < 4.78 is 28.2. The number of hydrogen-bond donors (Lipinski definition) is 2. The fourth-order valence-electron chi connectivity index (χ4n) is 3.37. The fraction of sp³-hybridized carbons (Fsp3) is 0.286. The standard InChI is InChI=1S/C21H22N4O3S2/c1-3-4-10-15(22-19-14-9-5-6-12-17(14)30(27,28)25-19)20(26)24-21-23-18-13(2)8-7-11-16(18)29-21/h5-9,11-12,15H,3-4,10H2,1-2H3,(H,22,25)(H,23,24,26). The SMILES string of the molecule is CCCCC(N=C1NS(=O)(=O)c2ccccc21)C(=O)Nc1nc2c(C)cccc2s1. The molecule has 0 saturated carbocycles. The van der Waals surface area contributed by atoms with Crippen molar-refractivity contribution >= 4 is 48.5 Å². The first-order chi connectivity index (χ1) is 14.4. The van der Waals surface area contributed by atoms with Crippen LogP contribution in [0.5, 0.6) is 0 Å². The van der Waals surface area contributed by atoms with Crippen molar-refractivity contribution in [2.45, 2.75) is 44.0 Å². The highest BCUT2D eigenvalue weighted by Gasteiger charge is 2.32. The van der Waals surface area contributed by atoms with Crippen molar-refractivity contribution in [3.63, 3.8) is 0 Å². The van der Waals surface area contributed by atoms with Gasteiger partial charge in [-0.1, -0.05) is 55.4 Å². The summed E-state index contributed by atoms with van der Waals surface area (Å²) in [6.45, 7) is 4.01. The number of fused-ring (bicyclic) bond motifs is 2. The number of amidine groups is 1. The van der Waals surface area contributed by atoms with E-state index in [0.29, 0.717) is 17.1 Å². The molecule has 2 aromatic carbocycles. The molecule has 1 unspecified atom stereocenters. The van der Waals surface area contributed by atoms with Crippen LogP contribution in [-0.4, -0.2) is 31.2 Å². The van der Waals surface area contributed by atoms with Gasteiger partial charge in [0.25, 0.3) is 15.9 Å². The molecule has 2 heterocycles. The molecule has 1 aromatic heterocycles. The Balaban J connectivity index is 1.63. The van der Waals surface area contributed by atoms with Gasteiger partial charge in [0.2, 0.25) is 0 Å². The van der Waals surface area contributed by atoms with E-state index in [9.17, 15) is 13.2 Å². The maximum atomic E-state index is 13.0. The quantitative estimate of drug-likeness (QED) is 0.606. The number of aryl methyl sites for hydroxylation is 1. The van der Waals surface area contributed by atoms with Crippen molar-refractivity contribution in [1.82, 2.24) is 9.71 Å². The number of carbonyl (C=O) groups is 1. The molecule has 1 aliphatic rings. The number of amides is 1. The summed E-state index contributed by atoms with van der Waals surface area (Å²) in [7, 11) is -3.65. The van der Waals surface area contributed by atoms with Crippen LogP contribution in [0, 0.1) is 6.92 Å². The topological polar surface area (TPSA) is 101 Å². The third-order valence-corrected chi connectivity index (χ3v) is 7.27. The number of sulfonamides is 1. The van der Waals surface area contributed by atoms with Crippen LogP contribution in [-0.2, 0) is 14.8 Å². The van der Waals surface area contributed by atoms with Gasteiger partial charge in [0.05, 0.1) is 15.1 Å². The molecule has 7 nitrogen and oxygen atoms in total. The number of benzene rings is 2. The summed E-state index contributed by atoms with van der Waals surface area (Å²) in [5.74, 6) is -0.0850. The van der Waals surface area contributed by atoms with E-state index in [2.05, 4.69) is 20.0 Å². The van der Waals surface area contributed by atoms with Crippen molar-refractivity contribution < 1.29 is 13.2 Å². The average Bonchev–Trinajstić information content (AvgIpc) is 3.24. The van der Waals surface area contributed by atoms with Crippen LogP contribution >= 0.6 is 11.3 Å². The lowest BCUT2D eigenvalue weighted by molar-refractivity contribution is -0.117. The first kappa shape index (κ1) is 20.5. The van der Waals surface area contributed by atoms with Crippen molar-refractivity contribution in [3.8, 4) is 0 Å². The van der Waals surface area contributed by atoms with Crippen molar-refractivity contribution in [3.05, 3.63) is 53.6 Å². The molecule has 0 radical (unpaired) electrons. The van der Waals surface area contributed by atoms with Crippen LogP contribution in [0.2, 0.25) is 0 Å². The van der Waals surface area contributed by atoms with E-state index >= 15 is 0 Å². The van der Waals surface area contributed by atoms with Gasteiger partial charge >= 0.3 is 0 Å². The van der Waals surface area contributed by atoms with Gasteiger partial charge < -0.3 is 5.32 Å². The number of carbonyl (C=O) groups excluding carboxylic acids is 1. The number of aromatic nitrogens is 1. The maximum Gasteiger partial charge on any atom is 0.263 e. The predicted molar refractivity (Wildman–Crippen MR) is 120 cm³/mol. The van der Waals surface area contributed by atoms with Gasteiger partial charge in [0.15, 0.2) is 5.13 Å². The smallest absolute Gasteiger partial charge is 0.263 e. The van der Waals surface area contributed by atoms with E-state index in [4.69, 9.17) is 0 Å². The summed E-state index contributed by atoms with van der Waals surface area (Å²) in [4.78, 5) is 22.2. The van der Waals surface area contributed by atoms with Crippen LogP contribution in [0.4, 0.5) is 5.13 Å². The lowest BCUT2D eigenvalue weighted by Gasteiger charge is -2.12. The number of para-hydroxylation sites is 1. The second kappa shape index (κ2) is 8.16. The zero-order chi connectivity index (χ0) is 21.3. The number of nitrogens with zero attached hydrogens (tertiary/aromatic N) is 2. The molecule has 0 bridgehead atoms. The second-order valence-corrected chi connectivity index (χ2v) is 9.85. The molecular weight excluding hydrogens is 420 g/mol. The Morgan fingerprint density at radius 2 is 2.03 bits per heavy atom. The largest absolute Gasteiger partial charge is 0.300 e. The number of rotatable bonds is 6. The Kier molecular flexibility index (Phi) is 5.57. The van der Waals surface area contributed by atoms with Crippen LogP contribution in [0.15, 0.2) is 52.4 Å². The third kappa shape index (κ3) is 3.95. The molecule has 4 rings (SSSR count). The lowest BCUT2D eigenvalue weighted by atomic mass is 10.1. The molecule has 1 amide bonds. The van der Waals surface area contributed by atoms with Crippen LogP contribution in [0.1, 0.15) is 37.3 Å². The molecule has 2 N–H and O–H groups in total. The van der Waals surface area contributed by atoms with E-state index in [0.717, 1.165) is 28.6 Å². The molecule has 156 valence electrons. The second-order valence-electron chi connectivity index (χ2n) is 7.17. The van der Waals surface area contributed by atoms with Crippen LogP contribution in [0.25, 0.3) is 10.2 Å². The van der Waals surface area contributed by atoms with Crippen LogP contribution in [0.3, 0.4) is 0 Å². The van der Waals surface area contributed by atoms with Crippen LogP contribution < -0.4 is 10.0 Å².